The maximum atomic E-state index is 13.5. The number of methoxy groups -OCH3 is 1. The molecule has 9 heteroatoms. The van der Waals surface area contributed by atoms with Crippen LogP contribution in [0.5, 0.6) is 5.75 Å². The number of benzene rings is 3. The van der Waals surface area contributed by atoms with Crippen LogP contribution in [0.2, 0.25) is 0 Å². The van der Waals surface area contributed by atoms with Gasteiger partial charge >= 0.3 is 0 Å². The van der Waals surface area contributed by atoms with Gasteiger partial charge in [0, 0.05) is 30.2 Å². The lowest BCUT2D eigenvalue weighted by atomic mass is 10.1. The molecule has 0 saturated carbocycles. The lowest BCUT2D eigenvalue weighted by molar-refractivity contribution is 0.415. The van der Waals surface area contributed by atoms with Crippen LogP contribution in [0.1, 0.15) is 19.3 Å². The van der Waals surface area contributed by atoms with Crippen molar-refractivity contribution in [3.05, 3.63) is 72.8 Å². The largest absolute Gasteiger partial charge is 0.497 e. The summed E-state index contributed by atoms with van der Waals surface area (Å²) in [4.78, 5) is 2.34. The number of hydrogen-bond donors (Lipinski definition) is 3. The van der Waals surface area contributed by atoms with Crippen molar-refractivity contribution in [2.45, 2.75) is 24.2 Å². The fraction of sp³-hybridized carbons (Fsp3) is 0.240. The Kier molecular flexibility index (Phi) is 7.54. The van der Waals surface area contributed by atoms with Gasteiger partial charge in [0.1, 0.15) is 10.6 Å². The van der Waals surface area contributed by atoms with E-state index >= 15 is 0 Å². The first-order valence-corrected chi connectivity index (χ1v) is 13.0. The van der Waals surface area contributed by atoms with Crippen LogP contribution in [-0.4, -0.2) is 33.7 Å². The number of nitrogens with zero attached hydrogens (tertiary/aromatic N) is 1. The summed E-state index contributed by atoms with van der Waals surface area (Å²) in [6.07, 6.45) is 3.23. The van der Waals surface area contributed by atoms with E-state index in [0.717, 1.165) is 38.0 Å². The van der Waals surface area contributed by atoms with Crippen molar-refractivity contribution in [3.63, 3.8) is 0 Å². The monoisotopic (exact) mass is 496 g/mol. The van der Waals surface area contributed by atoms with Gasteiger partial charge in [0.05, 0.1) is 12.8 Å². The Morgan fingerprint density at radius 1 is 0.853 bits per heavy atom. The van der Waals surface area contributed by atoms with Crippen molar-refractivity contribution in [3.8, 4) is 5.75 Å². The van der Waals surface area contributed by atoms with Gasteiger partial charge in [0.25, 0.3) is 10.0 Å². The summed E-state index contributed by atoms with van der Waals surface area (Å²) in [6.45, 7) is 1.65. The van der Waals surface area contributed by atoms with Gasteiger partial charge in [-0.25, -0.2) is 8.42 Å². The highest BCUT2D eigenvalue weighted by Crippen LogP contribution is 2.32. The smallest absolute Gasteiger partial charge is 0.264 e. The first-order valence-electron chi connectivity index (χ1n) is 11.1. The van der Waals surface area contributed by atoms with Gasteiger partial charge < -0.3 is 20.3 Å². The van der Waals surface area contributed by atoms with E-state index < -0.39 is 10.0 Å². The van der Waals surface area contributed by atoms with E-state index in [0.29, 0.717) is 27.9 Å². The van der Waals surface area contributed by atoms with Crippen LogP contribution in [0.4, 0.5) is 22.7 Å². The summed E-state index contributed by atoms with van der Waals surface area (Å²) in [6, 6.07) is 21.7. The zero-order valence-corrected chi connectivity index (χ0v) is 20.6. The first kappa shape index (κ1) is 23.8. The fourth-order valence-corrected chi connectivity index (χ4v) is 5.43. The highest BCUT2D eigenvalue weighted by atomic mass is 32.2. The van der Waals surface area contributed by atoms with Crippen LogP contribution in [0.15, 0.2) is 77.7 Å². The van der Waals surface area contributed by atoms with E-state index in [2.05, 4.69) is 20.3 Å². The normalized spacial score (nSPS) is 13.7. The van der Waals surface area contributed by atoms with E-state index in [4.69, 9.17) is 17.0 Å². The maximum absolute atomic E-state index is 13.5. The highest BCUT2D eigenvalue weighted by Gasteiger charge is 2.24. The molecule has 1 fully saturated rings. The van der Waals surface area contributed by atoms with Crippen LogP contribution in [0.3, 0.4) is 0 Å². The summed E-state index contributed by atoms with van der Waals surface area (Å²) in [5.74, 6) is 0.655. The van der Waals surface area contributed by atoms with Crippen molar-refractivity contribution in [1.29, 1.82) is 0 Å². The number of nitrogens with one attached hydrogen (secondary N) is 3. The third-order valence-electron chi connectivity index (χ3n) is 5.58. The summed E-state index contributed by atoms with van der Waals surface area (Å²) in [5.41, 5.74) is 2.58. The number of rotatable bonds is 7. The molecule has 0 spiro atoms. The van der Waals surface area contributed by atoms with Gasteiger partial charge in [-0.2, -0.15) is 0 Å². The molecule has 1 heterocycles. The minimum atomic E-state index is -3.87. The van der Waals surface area contributed by atoms with E-state index in [1.807, 2.05) is 42.5 Å². The van der Waals surface area contributed by atoms with Gasteiger partial charge in [-0.1, -0.05) is 18.2 Å². The van der Waals surface area contributed by atoms with Gasteiger partial charge in [0.2, 0.25) is 0 Å². The number of ether oxygens (including phenoxy) is 1. The number of sulfonamides is 1. The summed E-state index contributed by atoms with van der Waals surface area (Å²) in [7, 11) is -2.30. The van der Waals surface area contributed by atoms with Gasteiger partial charge in [-0.15, -0.1) is 0 Å². The molecule has 3 N–H and O–H groups in total. The Morgan fingerprint density at radius 3 is 2.18 bits per heavy atom. The van der Waals surface area contributed by atoms with Crippen molar-refractivity contribution in [2.75, 3.05) is 40.5 Å². The lowest BCUT2D eigenvalue weighted by Gasteiger charge is -2.30. The molecule has 3 aromatic carbocycles. The number of thiocarbonyl (C=S) groups is 1. The van der Waals surface area contributed by atoms with Crippen LogP contribution < -0.4 is 25.0 Å². The number of para-hydroxylation sites is 1. The average molecular weight is 497 g/mol. The molecular weight excluding hydrogens is 468 g/mol. The SMILES string of the molecule is COc1ccc(NS(=O)(=O)c2cc(NC(=S)Nc3ccccc3)ccc2N2CCCCC2)cc1. The Hall–Kier alpha value is -3.30. The minimum absolute atomic E-state index is 0.206. The molecule has 34 heavy (non-hydrogen) atoms. The Labute approximate surface area is 206 Å². The van der Waals surface area contributed by atoms with Crippen molar-refractivity contribution in [1.82, 2.24) is 0 Å². The Bertz CT molecular complexity index is 1230. The molecule has 0 bridgehead atoms. The van der Waals surface area contributed by atoms with Gasteiger partial charge in [0.15, 0.2) is 5.11 Å². The molecule has 7 nitrogen and oxygen atoms in total. The van der Waals surface area contributed by atoms with Crippen LogP contribution in [-0.2, 0) is 10.0 Å². The molecule has 0 unspecified atom stereocenters. The molecule has 0 atom stereocenters. The summed E-state index contributed by atoms with van der Waals surface area (Å²) in [5, 5.41) is 6.59. The predicted molar refractivity (Wildman–Crippen MR) is 143 cm³/mol. The van der Waals surface area contributed by atoms with Gasteiger partial charge in [-0.05, 0) is 86.1 Å². The van der Waals surface area contributed by atoms with Crippen molar-refractivity contribution >= 4 is 50.1 Å². The second kappa shape index (κ2) is 10.8. The zero-order chi connectivity index (χ0) is 24.0. The quantitative estimate of drug-likeness (QED) is 0.383. The first-order chi connectivity index (χ1) is 16.4. The van der Waals surface area contributed by atoms with E-state index in [-0.39, 0.29) is 4.90 Å². The molecule has 1 aliphatic rings. The molecule has 4 rings (SSSR count). The molecular formula is C25H28N4O3S2. The third kappa shape index (κ3) is 5.98. The number of piperidine rings is 1. The molecule has 0 aliphatic carbocycles. The average Bonchev–Trinajstić information content (AvgIpc) is 2.85. The second-order valence-corrected chi connectivity index (χ2v) is 10.1. The highest BCUT2D eigenvalue weighted by molar-refractivity contribution is 7.93. The molecule has 3 aromatic rings. The van der Waals surface area contributed by atoms with Crippen LogP contribution in [0, 0.1) is 0 Å². The Morgan fingerprint density at radius 2 is 1.50 bits per heavy atom. The molecule has 1 saturated heterocycles. The van der Waals surface area contributed by atoms with E-state index in [9.17, 15) is 8.42 Å². The van der Waals surface area contributed by atoms with Crippen molar-refractivity contribution in [2.24, 2.45) is 0 Å². The summed E-state index contributed by atoms with van der Waals surface area (Å²) < 4.78 is 34.9. The minimum Gasteiger partial charge on any atom is -0.497 e. The molecule has 0 aromatic heterocycles. The molecule has 178 valence electrons. The van der Waals surface area contributed by atoms with Crippen LogP contribution in [0.25, 0.3) is 0 Å². The second-order valence-electron chi connectivity index (χ2n) is 8.01. The molecule has 0 radical (unpaired) electrons. The van der Waals surface area contributed by atoms with E-state index in [1.165, 1.54) is 0 Å². The maximum Gasteiger partial charge on any atom is 0.264 e. The van der Waals surface area contributed by atoms with Crippen LogP contribution >= 0.6 is 12.2 Å². The Balaban J connectivity index is 1.62. The number of hydrogen-bond acceptors (Lipinski definition) is 5. The van der Waals surface area contributed by atoms with E-state index in [1.54, 1.807) is 37.4 Å². The topological polar surface area (TPSA) is 82.7 Å². The van der Waals surface area contributed by atoms with Crippen molar-refractivity contribution < 1.29 is 13.2 Å². The lowest BCUT2D eigenvalue weighted by Crippen LogP contribution is -2.31. The third-order valence-corrected chi connectivity index (χ3v) is 7.19. The fourth-order valence-electron chi connectivity index (χ4n) is 3.89. The molecule has 1 aliphatic heterocycles. The standard InChI is InChI=1S/C25H28N4O3S2/c1-32-22-13-10-20(11-14-22)28-34(30,31)24-18-21(12-15-23(24)29-16-6-3-7-17-29)27-25(33)26-19-8-4-2-5-9-19/h2,4-5,8-15,18,28H,3,6-7,16-17H2,1H3,(H2,26,27,33). The molecule has 0 amide bonds. The summed E-state index contributed by atoms with van der Waals surface area (Å²) >= 11 is 5.43. The zero-order valence-electron chi connectivity index (χ0n) is 19.0. The van der Waals surface area contributed by atoms with Gasteiger partial charge in [-0.3, -0.25) is 4.72 Å². The predicted octanol–water partition coefficient (Wildman–Crippen LogP) is 5.30. The number of anilines is 4.